The number of ether oxygens (including phenoxy) is 1. The molecule has 0 saturated heterocycles. The second-order valence-corrected chi connectivity index (χ2v) is 8.80. The predicted molar refractivity (Wildman–Crippen MR) is 108 cm³/mol. The van der Waals surface area contributed by atoms with Gasteiger partial charge in [0.15, 0.2) is 0 Å². The molecule has 0 unspecified atom stereocenters. The third-order valence-electron chi connectivity index (χ3n) is 5.02. The molecule has 1 heterocycles. The van der Waals surface area contributed by atoms with E-state index in [4.69, 9.17) is 4.74 Å². The van der Waals surface area contributed by atoms with Crippen LogP contribution in [0.15, 0.2) is 64.3 Å². The second kappa shape index (κ2) is 7.77. The summed E-state index contributed by atoms with van der Waals surface area (Å²) in [6.07, 6.45) is 4.66. The lowest BCUT2D eigenvalue weighted by molar-refractivity contribution is 0.210. The van der Waals surface area contributed by atoms with Crippen LogP contribution in [0.5, 0.6) is 5.75 Å². The molecule has 1 aliphatic carbocycles. The van der Waals surface area contributed by atoms with Crippen LogP contribution in [0.1, 0.15) is 31.2 Å². The summed E-state index contributed by atoms with van der Waals surface area (Å²) in [5.41, 5.74) is 0.780. The number of aromatic amines is 1. The smallest absolute Gasteiger partial charge is 0.252 e. The molecule has 0 atom stereocenters. The van der Waals surface area contributed by atoms with E-state index in [-0.39, 0.29) is 23.1 Å². The van der Waals surface area contributed by atoms with Crippen molar-refractivity contribution >= 4 is 20.9 Å². The number of sulfonamides is 1. The predicted octanol–water partition coefficient (Wildman–Crippen LogP) is 3.33. The maximum Gasteiger partial charge on any atom is 0.252 e. The van der Waals surface area contributed by atoms with Gasteiger partial charge in [0.1, 0.15) is 5.75 Å². The fraction of sp³-hybridized carbons (Fsp3) is 0.286. The van der Waals surface area contributed by atoms with E-state index in [9.17, 15) is 13.2 Å². The number of nitrogens with one attached hydrogen (secondary N) is 2. The lowest BCUT2D eigenvalue weighted by atomic mass is 10.1. The topological polar surface area (TPSA) is 88.3 Å². The van der Waals surface area contributed by atoms with Crippen LogP contribution in [0.25, 0.3) is 10.9 Å². The van der Waals surface area contributed by atoms with Crippen molar-refractivity contribution < 1.29 is 13.2 Å². The molecular weight excluding hydrogens is 376 g/mol. The van der Waals surface area contributed by atoms with Gasteiger partial charge in [-0.3, -0.25) is 4.79 Å². The number of pyridine rings is 1. The molecule has 146 valence electrons. The van der Waals surface area contributed by atoms with Crippen molar-refractivity contribution in [3.63, 3.8) is 0 Å². The molecule has 4 rings (SSSR count). The molecule has 0 aliphatic heterocycles. The average Bonchev–Trinajstić information content (AvgIpc) is 3.20. The molecule has 1 aliphatic rings. The number of hydrogen-bond donors (Lipinski definition) is 2. The normalized spacial score (nSPS) is 15.1. The van der Waals surface area contributed by atoms with Gasteiger partial charge in [0.25, 0.3) is 5.56 Å². The van der Waals surface area contributed by atoms with E-state index >= 15 is 0 Å². The Morgan fingerprint density at radius 1 is 1.04 bits per heavy atom. The first-order valence-corrected chi connectivity index (χ1v) is 10.9. The minimum Gasteiger partial charge on any atom is -0.490 e. The maximum atomic E-state index is 12.6. The third-order valence-corrected chi connectivity index (χ3v) is 6.44. The van der Waals surface area contributed by atoms with Gasteiger partial charge < -0.3 is 9.72 Å². The Labute approximate surface area is 163 Å². The van der Waals surface area contributed by atoms with E-state index in [0.29, 0.717) is 11.3 Å². The summed E-state index contributed by atoms with van der Waals surface area (Å²) in [6.45, 7) is -0.0805. The van der Waals surface area contributed by atoms with E-state index in [0.717, 1.165) is 23.7 Å². The molecule has 0 bridgehead atoms. The number of aromatic nitrogens is 1. The molecule has 0 spiro atoms. The monoisotopic (exact) mass is 398 g/mol. The summed E-state index contributed by atoms with van der Waals surface area (Å²) in [4.78, 5) is 15.1. The van der Waals surface area contributed by atoms with Crippen molar-refractivity contribution in [3.05, 3.63) is 70.5 Å². The van der Waals surface area contributed by atoms with Crippen molar-refractivity contribution in [1.82, 2.24) is 9.71 Å². The fourth-order valence-electron chi connectivity index (χ4n) is 3.48. The third kappa shape index (κ3) is 4.10. The Morgan fingerprint density at radius 2 is 1.75 bits per heavy atom. The lowest BCUT2D eigenvalue weighted by Gasteiger charge is -2.13. The van der Waals surface area contributed by atoms with Crippen molar-refractivity contribution in [3.8, 4) is 5.75 Å². The van der Waals surface area contributed by atoms with Crippen LogP contribution in [0.4, 0.5) is 0 Å². The van der Waals surface area contributed by atoms with Gasteiger partial charge in [0, 0.05) is 17.6 Å². The Kier molecular flexibility index (Phi) is 5.19. The number of rotatable bonds is 6. The first-order chi connectivity index (χ1) is 13.5. The van der Waals surface area contributed by atoms with Gasteiger partial charge in [-0.1, -0.05) is 18.2 Å². The van der Waals surface area contributed by atoms with Crippen molar-refractivity contribution in [2.24, 2.45) is 0 Å². The molecule has 6 nitrogen and oxygen atoms in total. The van der Waals surface area contributed by atoms with Gasteiger partial charge in [-0.15, -0.1) is 0 Å². The number of fused-ring (bicyclic) bond motifs is 1. The average molecular weight is 398 g/mol. The maximum absolute atomic E-state index is 12.6. The minimum absolute atomic E-state index is 0.0805. The number of para-hydroxylation sites is 1. The molecule has 2 aromatic carbocycles. The summed E-state index contributed by atoms with van der Waals surface area (Å²) in [7, 11) is -3.73. The van der Waals surface area contributed by atoms with Crippen LogP contribution in [0.3, 0.4) is 0 Å². The van der Waals surface area contributed by atoms with Crippen LogP contribution in [-0.2, 0) is 16.6 Å². The molecule has 28 heavy (non-hydrogen) atoms. The molecule has 0 radical (unpaired) electrons. The van der Waals surface area contributed by atoms with Crippen LogP contribution >= 0.6 is 0 Å². The van der Waals surface area contributed by atoms with E-state index in [2.05, 4.69) is 9.71 Å². The van der Waals surface area contributed by atoms with Crippen molar-refractivity contribution in [1.29, 1.82) is 0 Å². The zero-order valence-corrected chi connectivity index (χ0v) is 16.2. The highest BCUT2D eigenvalue weighted by Crippen LogP contribution is 2.25. The Bertz CT molecular complexity index is 1130. The zero-order chi connectivity index (χ0) is 19.6. The summed E-state index contributed by atoms with van der Waals surface area (Å²) in [5.74, 6) is 0.678. The summed E-state index contributed by atoms with van der Waals surface area (Å²) in [6, 6.07) is 15.5. The largest absolute Gasteiger partial charge is 0.490 e. The highest BCUT2D eigenvalue weighted by atomic mass is 32.2. The van der Waals surface area contributed by atoms with Gasteiger partial charge in [0.05, 0.1) is 11.0 Å². The lowest BCUT2D eigenvalue weighted by Crippen LogP contribution is -2.27. The van der Waals surface area contributed by atoms with Crippen LogP contribution in [0, 0.1) is 0 Å². The molecule has 3 aromatic rings. The van der Waals surface area contributed by atoms with Gasteiger partial charge in [0.2, 0.25) is 10.0 Å². The molecule has 0 amide bonds. The quantitative estimate of drug-likeness (QED) is 0.667. The van der Waals surface area contributed by atoms with Gasteiger partial charge in [-0.2, -0.15) is 0 Å². The van der Waals surface area contributed by atoms with E-state index < -0.39 is 10.0 Å². The number of benzene rings is 2. The first-order valence-electron chi connectivity index (χ1n) is 9.39. The highest BCUT2D eigenvalue weighted by Gasteiger charge is 2.18. The van der Waals surface area contributed by atoms with Crippen LogP contribution in [-0.4, -0.2) is 19.5 Å². The molecule has 1 saturated carbocycles. The van der Waals surface area contributed by atoms with Crippen LogP contribution in [0.2, 0.25) is 0 Å². The molecule has 7 heteroatoms. The SMILES string of the molecule is O=c1[nH]c2ccccc2cc1CNS(=O)(=O)c1ccc(OC2CCCC2)cc1. The summed E-state index contributed by atoms with van der Waals surface area (Å²) < 4.78 is 33.5. The molecule has 1 fully saturated rings. The Balaban J connectivity index is 1.46. The van der Waals surface area contributed by atoms with E-state index in [1.165, 1.54) is 25.0 Å². The van der Waals surface area contributed by atoms with E-state index in [1.807, 2.05) is 18.2 Å². The Hall–Kier alpha value is -2.64. The van der Waals surface area contributed by atoms with Crippen molar-refractivity contribution in [2.45, 2.75) is 43.2 Å². The van der Waals surface area contributed by atoms with Crippen LogP contribution < -0.4 is 15.0 Å². The zero-order valence-electron chi connectivity index (χ0n) is 15.4. The molecular formula is C21H22N2O4S. The van der Waals surface area contributed by atoms with Gasteiger partial charge in [-0.25, -0.2) is 13.1 Å². The van der Waals surface area contributed by atoms with Gasteiger partial charge >= 0.3 is 0 Å². The molecule has 1 aromatic heterocycles. The fourth-order valence-corrected chi connectivity index (χ4v) is 4.48. The summed E-state index contributed by atoms with van der Waals surface area (Å²) in [5, 5.41) is 0.852. The first kappa shape index (κ1) is 18.7. The van der Waals surface area contributed by atoms with Crippen molar-refractivity contribution in [2.75, 3.05) is 0 Å². The minimum atomic E-state index is -3.73. The molecule has 2 N–H and O–H groups in total. The number of hydrogen-bond acceptors (Lipinski definition) is 4. The van der Waals surface area contributed by atoms with Gasteiger partial charge in [-0.05, 0) is 67.5 Å². The standard InChI is InChI=1S/C21H22N2O4S/c24-21-16(13-15-5-1-4-8-20(15)23-21)14-22-28(25,26)19-11-9-18(10-12-19)27-17-6-2-3-7-17/h1,4-5,8-13,17,22H,2-3,6-7,14H2,(H,23,24). The second-order valence-electron chi connectivity index (χ2n) is 7.03. The number of H-pyrrole nitrogens is 1. The Morgan fingerprint density at radius 3 is 2.50 bits per heavy atom. The summed E-state index contributed by atoms with van der Waals surface area (Å²) >= 11 is 0. The van der Waals surface area contributed by atoms with E-state index in [1.54, 1.807) is 24.3 Å². The highest BCUT2D eigenvalue weighted by molar-refractivity contribution is 7.89.